The van der Waals surface area contributed by atoms with Gasteiger partial charge in [0.2, 0.25) is 5.91 Å². The van der Waals surface area contributed by atoms with Crippen LogP contribution in [0.4, 0.5) is 16.2 Å². The fraction of sp³-hybridized carbons (Fsp3) is 0.444. The summed E-state index contributed by atoms with van der Waals surface area (Å²) in [5.74, 6) is -0.213. The van der Waals surface area contributed by atoms with E-state index in [2.05, 4.69) is 15.5 Å². The van der Waals surface area contributed by atoms with Crippen LogP contribution in [-0.2, 0) is 9.53 Å². The minimum absolute atomic E-state index is 0.0271. The SMILES string of the molecule is COCCN(CC(=O)Nc1ccc(N2CCN(C(=O)c3ccc(C)cc3)CC2)cc1)C(=O)NC(C)C. The van der Waals surface area contributed by atoms with Crippen molar-refractivity contribution in [3.63, 3.8) is 0 Å². The minimum atomic E-state index is -0.299. The third kappa shape index (κ3) is 7.71. The number of carbonyl (C=O) groups excluding carboxylic acids is 3. The highest BCUT2D eigenvalue weighted by atomic mass is 16.5. The smallest absolute Gasteiger partial charge is 0.318 e. The zero-order chi connectivity index (χ0) is 26.1. The van der Waals surface area contributed by atoms with Gasteiger partial charge in [-0.15, -0.1) is 0 Å². The van der Waals surface area contributed by atoms with E-state index in [9.17, 15) is 14.4 Å². The molecule has 0 aliphatic carbocycles. The number of anilines is 2. The second-order valence-electron chi connectivity index (χ2n) is 9.26. The number of nitrogens with zero attached hydrogens (tertiary/aromatic N) is 3. The van der Waals surface area contributed by atoms with Gasteiger partial charge in [0.1, 0.15) is 6.54 Å². The number of piperazine rings is 1. The molecule has 0 aromatic heterocycles. The summed E-state index contributed by atoms with van der Waals surface area (Å²) in [6.45, 7) is 9.13. The summed E-state index contributed by atoms with van der Waals surface area (Å²) < 4.78 is 5.06. The van der Waals surface area contributed by atoms with Gasteiger partial charge in [-0.25, -0.2) is 4.79 Å². The Bertz CT molecular complexity index is 1020. The maximum atomic E-state index is 12.8. The number of methoxy groups -OCH3 is 1. The van der Waals surface area contributed by atoms with Gasteiger partial charge in [0.15, 0.2) is 0 Å². The molecule has 2 aromatic carbocycles. The van der Waals surface area contributed by atoms with E-state index in [0.717, 1.165) is 29.9 Å². The number of ether oxygens (including phenoxy) is 1. The summed E-state index contributed by atoms with van der Waals surface area (Å²) in [7, 11) is 1.56. The maximum Gasteiger partial charge on any atom is 0.318 e. The van der Waals surface area contributed by atoms with Crippen molar-refractivity contribution in [3.8, 4) is 0 Å². The third-order valence-corrected chi connectivity index (χ3v) is 5.98. The van der Waals surface area contributed by atoms with Crippen molar-refractivity contribution in [2.24, 2.45) is 0 Å². The Morgan fingerprint density at radius 3 is 2.19 bits per heavy atom. The van der Waals surface area contributed by atoms with Crippen molar-refractivity contribution in [3.05, 3.63) is 59.7 Å². The first-order valence-electron chi connectivity index (χ1n) is 12.3. The predicted octanol–water partition coefficient (Wildman–Crippen LogP) is 2.96. The highest BCUT2D eigenvalue weighted by Crippen LogP contribution is 2.20. The average molecular weight is 496 g/mol. The van der Waals surface area contributed by atoms with Gasteiger partial charge in [0.05, 0.1) is 6.61 Å². The van der Waals surface area contributed by atoms with E-state index in [0.29, 0.717) is 31.9 Å². The molecule has 1 heterocycles. The minimum Gasteiger partial charge on any atom is -0.383 e. The molecule has 2 N–H and O–H groups in total. The number of rotatable bonds is 9. The molecule has 1 fully saturated rings. The summed E-state index contributed by atoms with van der Waals surface area (Å²) in [4.78, 5) is 43.3. The van der Waals surface area contributed by atoms with Crippen molar-refractivity contribution in [2.45, 2.75) is 26.8 Å². The highest BCUT2D eigenvalue weighted by molar-refractivity contribution is 5.95. The molecule has 0 bridgehead atoms. The Hall–Kier alpha value is -3.59. The predicted molar refractivity (Wildman–Crippen MR) is 141 cm³/mol. The van der Waals surface area contributed by atoms with Gasteiger partial charge < -0.3 is 30.1 Å². The zero-order valence-corrected chi connectivity index (χ0v) is 21.6. The molecule has 0 unspecified atom stereocenters. The van der Waals surface area contributed by atoms with Crippen LogP contribution in [0.2, 0.25) is 0 Å². The maximum absolute atomic E-state index is 12.8. The van der Waals surface area contributed by atoms with E-state index in [1.54, 1.807) is 7.11 Å². The number of benzene rings is 2. The molecule has 194 valence electrons. The van der Waals surface area contributed by atoms with Crippen LogP contribution in [0.15, 0.2) is 48.5 Å². The molecule has 36 heavy (non-hydrogen) atoms. The van der Waals surface area contributed by atoms with Crippen LogP contribution in [0.5, 0.6) is 0 Å². The Kier molecular flexibility index (Phi) is 9.69. The van der Waals surface area contributed by atoms with Crippen LogP contribution in [0.25, 0.3) is 0 Å². The van der Waals surface area contributed by atoms with E-state index in [1.165, 1.54) is 4.90 Å². The number of amides is 4. The van der Waals surface area contributed by atoms with E-state index < -0.39 is 0 Å². The summed E-state index contributed by atoms with van der Waals surface area (Å²) >= 11 is 0. The van der Waals surface area contributed by atoms with Crippen LogP contribution in [0.1, 0.15) is 29.8 Å². The Morgan fingerprint density at radius 2 is 1.61 bits per heavy atom. The second-order valence-corrected chi connectivity index (χ2v) is 9.26. The molecule has 0 atom stereocenters. The van der Waals surface area contributed by atoms with E-state index in [-0.39, 0.29) is 30.4 Å². The lowest BCUT2D eigenvalue weighted by molar-refractivity contribution is -0.116. The highest BCUT2D eigenvalue weighted by Gasteiger charge is 2.22. The van der Waals surface area contributed by atoms with Crippen molar-refractivity contribution < 1.29 is 19.1 Å². The van der Waals surface area contributed by atoms with Crippen molar-refractivity contribution in [1.82, 2.24) is 15.1 Å². The van der Waals surface area contributed by atoms with E-state index in [1.807, 2.05) is 74.2 Å². The zero-order valence-electron chi connectivity index (χ0n) is 21.6. The van der Waals surface area contributed by atoms with Crippen LogP contribution in [0, 0.1) is 6.92 Å². The molecule has 1 aliphatic rings. The second kappa shape index (κ2) is 12.9. The summed E-state index contributed by atoms with van der Waals surface area (Å²) in [5.41, 5.74) is 3.55. The molecule has 1 saturated heterocycles. The molecule has 9 heteroatoms. The molecule has 4 amide bonds. The van der Waals surface area contributed by atoms with Crippen LogP contribution in [-0.4, -0.2) is 86.7 Å². The summed E-state index contributed by atoms with van der Waals surface area (Å²) in [6, 6.07) is 15.0. The van der Waals surface area contributed by atoms with Gasteiger partial charge in [0, 0.05) is 62.8 Å². The first-order valence-corrected chi connectivity index (χ1v) is 12.3. The Morgan fingerprint density at radius 1 is 0.972 bits per heavy atom. The number of hydrogen-bond donors (Lipinski definition) is 2. The lowest BCUT2D eigenvalue weighted by Gasteiger charge is -2.36. The van der Waals surface area contributed by atoms with Crippen LogP contribution < -0.4 is 15.5 Å². The average Bonchev–Trinajstić information content (AvgIpc) is 2.86. The molecule has 0 spiro atoms. The normalized spacial score (nSPS) is 13.5. The lowest BCUT2D eigenvalue weighted by Crippen LogP contribution is -2.48. The van der Waals surface area contributed by atoms with E-state index >= 15 is 0 Å². The number of nitrogens with one attached hydrogen (secondary N) is 2. The van der Waals surface area contributed by atoms with Crippen molar-refractivity contribution in [2.75, 3.05) is 63.2 Å². The topological polar surface area (TPSA) is 94.2 Å². The summed E-state index contributed by atoms with van der Waals surface area (Å²) in [5, 5.41) is 5.67. The van der Waals surface area contributed by atoms with Gasteiger partial charge in [-0.2, -0.15) is 0 Å². The van der Waals surface area contributed by atoms with Crippen molar-refractivity contribution >= 4 is 29.2 Å². The first kappa shape index (κ1) is 27.0. The molecule has 9 nitrogen and oxygen atoms in total. The van der Waals surface area contributed by atoms with Gasteiger partial charge in [-0.05, 0) is 57.2 Å². The number of carbonyl (C=O) groups is 3. The molecule has 1 aliphatic heterocycles. The third-order valence-electron chi connectivity index (χ3n) is 5.98. The number of hydrogen-bond acceptors (Lipinski definition) is 5. The summed E-state index contributed by atoms with van der Waals surface area (Å²) in [6.07, 6.45) is 0. The number of aryl methyl sites for hydroxylation is 1. The van der Waals surface area contributed by atoms with Gasteiger partial charge in [-0.1, -0.05) is 17.7 Å². The van der Waals surface area contributed by atoms with Gasteiger partial charge >= 0.3 is 6.03 Å². The first-order chi connectivity index (χ1) is 17.3. The largest absolute Gasteiger partial charge is 0.383 e. The fourth-order valence-corrected chi connectivity index (χ4v) is 3.97. The quantitative estimate of drug-likeness (QED) is 0.558. The molecule has 3 rings (SSSR count). The molecular formula is C27H37N5O4. The van der Waals surface area contributed by atoms with Crippen molar-refractivity contribution in [1.29, 1.82) is 0 Å². The lowest BCUT2D eigenvalue weighted by atomic mass is 10.1. The van der Waals surface area contributed by atoms with E-state index in [4.69, 9.17) is 4.74 Å². The molecular weight excluding hydrogens is 458 g/mol. The fourth-order valence-electron chi connectivity index (χ4n) is 3.97. The molecule has 0 radical (unpaired) electrons. The van der Waals surface area contributed by atoms with Crippen LogP contribution in [0.3, 0.4) is 0 Å². The Balaban J connectivity index is 1.51. The standard InChI is InChI=1S/C27H37N5O4/c1-20(2)28-27(35)32(17-18-36-4)19-25(33)29-23-9-11-24(12-10-23)30-13-15-31(16-14-30)26(34)22-7-5-21(3)6-8-22/h5-12,20H,13-19H2,1-4H3,(H,28,35)(H,29,33). The number of urea groups is 1. The molecule has 0 saturated carbocycles. The van der Waals surface area contributed by atoms with Gasteiger partial charge in [0.25, 0.3) is 5.91 Å². The molecule has 2 aromatic rings. The van der Waals surface area contributed by atoms with Crippen LogP contribution >= 0.6 is 0 Å². The monoisotopic (exact) mass is 495 g/mol. The Labute approximate surface area is 213 Å². The van der Waals surface area contributed by atoms with Gasteiger partial charge in [-0.3, -0.25) is 9.59 Å².